The van der Waals surface area contributed by atoms with Crippen LogP contribution in [-0.4, -0.2) is 16.0 Å². The summed E-state index contributed by atoms with van der Waals surface area (Å²) in [6.07, 6.45) is 7.03. The maximum atomic E-state index is 13.3. The minimum atomic E-state index is -0.496. The molecule has 0 bridgehead atoms. The standard InChI is InChI=1S/C17H28FN3/c1-5-15-14(10-18)16(20-11-19-15)21-13-8-6-12(7-9-13)17(2,3)4/h11-13H,5-10H2,1-4H3,(H,19,20,21)/t12-,13+. The first-order chi connectivity index (χ1) is 9.95. The van der Waals surface area contributed by atoms with Crippen molar-refractivity contribution in [1.29, 1.82) is 0 Å². The summed E-state index contributed by atoms with van der Waals surface area (Å²) in [5, 5.41) is 3.46. The van der Waals surface area contributed by atoms with Crippen LogP contribution >= 0.6 is 0 Å². The highest BCUT2D eigenvalue weighted by molar-refractivity contribution is 5.46. The number of aryl methyl sites for hydroxylation is 1. The molecule has 0 aliphatic heterocycles. The van der Waals surface area contributed by atoms with E-state index in [1.807, 2.05) is 6.92 Å². The number of nitrogens with zero attached hydrogens (tertiary/aromatic N) is 2. The van der Waals surface area contributed by atoms with Crippen molar-refractivity contribution in [2.45, 2.75) is 72.5 Å². The summed E-state index contributed by atoms with van der Waals surface area (Å²) in [4.78, 5) is 8.43. The topological polar surface area (TPSA) is 37.8 Å². The smallest absolute Gasteiger partial charge is 0.135 e. The van der Waals surface area contributed by atoms with Gasteiger partial charge in [-0.25, -0.2) is 14.4 Å². The molecule has 118 valence electrons. The summed E-state index contributed by atoms with van der Waals surface area (Å²) in [7, 11) is 0. The van der Waals surface area contributed by atoms with E-state index in [-0.39, 0.29) is 0 Å². The van der Waals surface area contributed by atoms with Crippen LogP contribution in [0, 0.1) is 11.3 Å². The van der Waals surface area contributed by atoms with E-state index in [9.17, 15) is 4.39 Å². The van der Waals surface area contributed by atoms with Gasteiger partial charge in [-0.2, -0.15) is 0 Å². The van der Waals surface area contributed by atoms with Crippen LogP contribution in [0.5, 0.6) is 0 Å². The molecule has 0 amide bonds. The first-order valence-corrected chi connectivity index (χ1v) is 8.11. The van der Waals surface area contributed by atoms with Crippen molar-refractivity contribution in [1.82, 2.24) is 9.97 Å². The Morgan fingerprint density at radius 2 is 1.86 bits per heavy atom. The van der Waals surface area contributed by atoms with Crippen molar-refractivity contribution in [3.05, 3.63) is 17.6 Å². The van der Waals surface area contributed by atoms with E-state index in [1.54, 1.807) is 6.33 Å². The van der Waals surface area contributed by atoms with Crippen LogP contribution in [0.1, 0.15) is 64.6 Å². The van der Waals surface area contributed by atoms with Crippen LogP contribution in [-0.2, 0) is 13.1 Å². The summed E-state index contributed by atoms with van der Waals surface area (Å²) < 4.78 is 13.3. The van der Waals surface area contributed by atoms with E-state index < -0.39 is 6.67 Å². The lowest BCUT2D eigenvalue weighted by molar-refractivity contribution is 0.173. The van der Waals surface area contributed by atoms with Gasteiger partial charge in [0.25, 0.3) is 0 Å². The number of aromatic nitrogens is 2. The molecule has 1 saturated carbocycles. The predicted molar refractivity (Wildman–Crippen MR) is 85.0 cm³/mol. The summed E-state index contributed by atoms with van der Waals surface area (Å²) in [5.41, 5.74) is 1.84. The monoisotopic (exact) mass is 293 g/mol. The van der Waals surface area contributed by atoms with Crippen molar-refractivity contribution in [2.24, 2.45) is 11.3 Å². The number of halogens is 1. The number of hydrogen-bond donors (Lipinski definition) is 1. The van der Waals surface area contributed by atoms with Crippen molar-refractivity contribution in [3.8, 4) is 0 Å². The van der Waals surface area contributed by atoms with Crippen molar-refractivity contribution < 1.29 is 4.39 Å². The number of hydrogen-bond acceptors (Lipinski definition) is 3. The van der Waals surface area contributed by atoms with Crippen molar-refractivity contribution in [3.63, 3.8) is 0 Å². The second-order valence-electron chi connectivity index (χ2n) is 7.19. The quantitative estimate of drug-likeness (QED) is 0.886. The van der Waals surface area contributed by atoms with Crippen LogP contribution in [0.2, 0.25) is 0 Å². The molecule has 0 saturated heterocycles. The van der Waals surface area contributed by atoms with Gasteiger partial charge < -0.3 is 5.32 Å². The van der Waals surface area contributed by atoms with Gasteiger partial charge in [0.1, 0.15) is 18.8 Å². The minimum absolute atomic E-state index is 0.388. The predicted octanol–water partition coefficient (Wildman–Crippen LogP) is 4.53. The third-order valence-corrected chi connectivity index (χ3v) is 4.80. The SMILES string of the molecule is CCc1ncnc(N[C@H]2CC[C@@H](C(C)(C)C)CC2)c1CF. The fourth-order valence-electron chi connectivity index (χ4n) is 3.32. The zero-order valence-electron chi connectivity index (χ0n) is 13.7. The van der Waals surface area contributed by atoms with Crippen molar-refractivity contribution in [2.75, 3.05) is 5.32 Å². The Kier molecular flexibility index (Phi) is 5.17. The Hall–Kier alpha value is -1.19. The average Bonchev–Trinajstić information content (AvgIpc) is 2.46. The van der Waals surface area contributed by atoms with Crippen LogP contribution in [0.25, 0.3) is 0 Å². The molecular weight excluding hydrogens is 265 g/mol. The third kappa shape index (κ3) is 3.92. The van der Waals surface area contributed by atoms with Gasteiger partial charge in [-0.05, 0) is 43.4 Å². The third-order valence-electron chi connectivity index (χ3n) is 4.80. The number of anilines is 1. The highest BCUT2D eigenvalue weighted by Gasteiger charge is 2.30. The zero-order chi connectivity index (χ0) is 15.5. The number of nitrogens with one attached hydrogen (secondary N) is 1. The average molecular weight is 293 g/mol. The first kappa shape index (κ1) is 16.2. The first-order valence-electron chi connectivity index (χ1n) is 8.11. The Labute approximate surface area is 127 Å². The van der Waals surface area contributed by atoms with Gasteiger partial charge in [-0.15, -0.1) is 0 Å². The molecule has 1 heterocycles. The van der Waals surface area contributed by atoms with Gasteiger partial charge in [-0.3, -0.25) is 0 Å². The molecule has 0 aromatic carbocycles. The molecule has 21 heavy (non-hydrogen) atoms. The van der Waals surface area contributed by atoms with Gasteiger partial charge in [0, 0.05) is 11.6 Å². The minimum Gasteiger partial charge on any atom is -0.367 e. The van der Waals surface area contributed by atoms with E-state index in [2.05, 4.69) is 36.1 Å². The Balaban J connectivity index is 2.01. The van der Waals surface area contributed by atoms with Crippen LogP contribution in [0.15, 0.2) is 6.33 Å². The van der Waals surface area contributed by atoms with Gasteiger partial charge in [-0.1, -0.05) is 27.7 Å². The Morgan fingerprint density at radius 3 is 2.38 bits per heavy atom. The molecule has 1 aliphatic rings. The maximum absolute atomic E-state index is 13.3. The number of alkyl halides is 1. The molecule has 2 rings (SSSR count). The van der Waals surface area contributed by atoms with Crippen molar-refractivity contribution >= 4 is 5.82 Å². The van der Waals surface area contributed by atoms with Crippen LogP contribution < -0.4 is 5.32 Å². The van der Waals surface area contributed by atoms with E-state index in [4.69, 9.17) is 0 Å². The largest absolute Gasteiger partial charge is 0.367 e. The molecule has 4 heteroatoms. The van der Waals surface area contributed by atoms with Gasteiger partial charge in [0.05, 0.1) is 5.69 Å². The van der Waals surface area contributed by atoms with E-state index >= 15 is 0 Å². The molecule has 1 aromatic heterocycles. The molecule has 0 unspecified atom stereocenters. The second kappa shape index (κ2) is 6.71. The zero-order valence-corrected chi connectivity index (χ0v) is 13.7. The lowest BCUT2D eigenvalue weighted by atomic mass is 9.71. The second-order valence-corrected chi connectivity index (χ2v) is 7.19. The molecular formula is C17H28FN3. The van der Waals surface area contributed by atoms with Gasteiger partial charge >= 0.3 is 0 Å². The maximum Gasteiger partial charge on any atom is 0.135 e. The summed E-state index contributed by atoms with van der Waals surface area (Å²) >= 11 is 0. The normalized spacial score (nSPS) is 23.1. The Bertz CT molecular complexity index is 460. The summed E-state index contributed by atoms with van der Waals surface area (Å²) in [5.74, 6) is 1.48. The molecule has 1 aliphatic carbocycles. The van der Waals surface area contributed by atoms with Gasteiger partial charge in [0.2, 0.25) is 0 Å². The van der Waals surface area contributed by atoms with Crippen LogP contribution in [0.3, 0.4) is 0 Å². The molecule has 1 aromatic rings. The molecule has 0 spiro atoms. The Morgan fingerprint density at radius 1 is 1.19 bits per heavy atom. The number of rotatable bonds is 4. The van der Waals surface area contributed by atoms with E-state index in [0.717, 1.165) is 30.9 Å². The molecule has 0 atom stereocenters. The highest BCUT2D eigenvalue weighted by atomic mass is 19.1. The summed E-state index contributed by atoms with van der Waals surface area (Å²) in [6.45, 7) is 8.48. The van der Waals surface area contributed by atoms with E-state index in [1.165, 1.54) is 12.8 Å². The van der Waals surface area contributed by atoms with Crippen LogP contribution in [0.4, 0.5) is 10.2 Å². The molecule has 1 fully saturated rings. The lowest BCUT2D eigenvalue weighted by Gasteiger charge is -2.37. The summed E-state index contributed by atoms with van der Waals surface area (Å²) in [6, 6.07) is 0.411. The lowest BCUT2D eigenvalue weighted by Crippen LogP contribution is -2.32. The van der Waals surface area contributed by atoms with Gasteiger partial charge in [0.15, 0.2) is 0 Å². The van der Waals surface area contributed by atoms with E-state index in [0.29, 0.717) is 22.8 Å². The molecule has 0 radical (unpaired) electrons. The molecule has 1 N–H and O–H groups in total. The fraction of sp³-hybridized carbons (Fsp3) is 0.765. The highest BCUT2D eigenvalue weighted by Crippen LogP contribution is 2.38. The molecule has 3 nitrogen and oxygen atoms in total. The fourth-order valence-corrected chi connectivity index (χ4v) is 3.32.